The summed E-state index contributed by atoms with van der Waals surface area (Å²) in [7, 11) is 0. The number of amides is 5. The van der Waals surface area contributed by atoms with E-state index >= 15 is 0 Å². The number of nitrogens with one attached hydrogen (secondary N) is 2. The zero-order chi connectivity index (χ0) is 35.9. The summed E-state index contributed by atoms with van der Waals surface area (Å²) in [5.74, 6) is -0.580. The summed E-state index contributed by atoms with van der Waals surface area (Å²) < 4.78 is 6.22. The van der Waals surface area contributed by atoms with E-state index in [2.05, 4.69) is 15.6 Å². The smallest absolute Gasteiger partial charge is 0.411 e. The Morgan fingerprint density at radius 1 is 1.08 bits per heavy atom. The Kier molecular flexibility index (Phi) is 10.9. The zero-order valence-corrected chi connectivity index (χ0v) is 29.0. The first kappa shape index (κ1) is 35.1. The second-order valence-electron chi connectivity index (χ2n) is 12.3. The Morgan fingerprint density at radius 3 is 2.61 bits per heavy atom. The number of nitrogens with two attached hydrogens (primary N) is 1. The number of nitriles is 1. The van der Waals surface area contributed by atoms with Gasteiger partial charge in [0.25, 0.3) is 0 Å². The van der Waals surface area contributed by atoms with Gasteiger partial charge in [-0.2, -0.15) is 10.3 Å². The normalized spacial score (nSPS) is 17.3. The van der Waals surface area contributed by atoms with Gasteiger partial charge in [0.1, 0.15) is 25.4 Å². The van der Waals surface area contributed by atoms with Crippen molar-refractivity contribution in [2.75, 3.05) is 37.2 Å². The molecule has 2 atom stereocenters. The van der Waals surface area contributed by atoms with E-state index in [0.29, 0.717) is 22.9 Å². The van der Waals surface area contributed by atoms with E-state index in [1.165, 1.54) is 21.2 Å². The van der Waals surface area contributed by atoms with Gasteiger partial charge in [0.05, 0.1) is 29.4 Å². The third-order valence-electron chi connectivity index (χ3n) is 8.86. The molecule has 4 aromatic rings. The highest BCUT2D eigenvalue weighted by atomic mass is 32.1. The van der Waals surface area contributed by atoms with E-state index in [4.69, 9.17) is 10.5 Å². The number of nitrogens with zero attached hydrogens (tertiary/aromatic N) is 6. The average Bonchev–Trinajstić information content (AvgIpc) is 3.68. The fourth-order valence-corrected chi connectivity index (χ4v) is 7.16. The van der Waals surface area contributed by atoms with Crippen LogP contribution in [-0.2, 0) is 33.9 Å². The van der Waals surface area contributed by atoms with Crippen molar-refractivity contribution in [2.24, 2.45) is 0 Å². The van der Waals surface area contributed by atoms with Gasteiger partial charge in [-0.25, -0.2) is 19.6 Å². The molecular formula is C36H39N9O5S. The highest BCUT2D eigenvalue weighted by Gasteiger charge is 2.52. The molecule has 51 heavy (non-hydrogen) atoms. The second kappa shape index (κ2) is 15.9. The number of piperazine rings is 1. The lowest BCUT2D eigenvalue weighted by atomic mass is 9.99. The standard InChI is InChI=1S/C36H39N9O5S/c1-2-3-17-39-35(48)43(18-16-37)44-22-31(46)45-28(19-24-12-14-27(15-13-24)40-36(49)50-23-25-8-5-4-6-9-25)33(47)42(21-30(44)45)20-26-10-7-11-29-32(26)41-34(38)51-29/h4-15,28,30H,2-3,17-23H2,1H3,(H2,38,41)(H,39,48)(H,40,49)/t28-,30+/m0/s1. The topological polar surface area (TPSA) is 177 Å². The van der Waals surface area contributed by atoms with Gasteiger partial charge < -0.3 is 25.6 Å². The van der Waals surface area contributed by atoms with Crippen LogP contribution in [0, 0.1) is 11.3 Å². The summed E-state index contributed by atoms with van der Waals surface area (Å²) in [5, 5.41) is 18.5. The van der Waals surface area contributed by atoms with Crippen molar-refractivity contribution in [3.05, 3.63) is 89.5 Å². The maximum absolute atomic E-state index is 14.3. The van der Waals surface area contributed by atoms with E-state index in [9.17, 15) is 24.4 Å². The average molecular weight is 710 g/mol. The Morgan fingerprint density at radius 2 is 1.86 bits per heavy atom. The Hall–Kier alpha value is -5.72. The minimum absolute atomic E-state index is 0.106. The number of hydrogen-bond donors (Lipinski definition) is 3. The molecule has 2 saturated heterocycles. The number of carbonyl (C=O) groups excluding carboxylic acids is 4. The number of fused-ring (bicyclic) bond motifs is 2. The van der Waals surface area contributed by atoms with Gasteiger partial charge in [-0.15, -0.1) is 0 Å². The minimum atomic E-state index is -0.900. The predicted octanol–water partition coefficient (Wildman–Crippen LogP) is 4.30. The number of unbranched alkanes of at least 4 members (excludes halogenated alkanes) is 1. The number of hydrazine groups is 1. The highest BCUT2D eigenvalue weighted by Crippen LogP contribution is 2.32. The van der Waals surface area contributed by atoms with Crippen LogP contribution in [0.3, 0.4) is 0 Å². The summed E-state index contributed by atoms with van der Waals surface area (Å²) in [4.78, 5) is 61.5. The summed E-state index contributed by atoms with van der Waals surface area (Å²) in [6.07, 6.45) is 0.515. The molecule has 15 heteroatoms. The summed E-state index contributed by atoms with van der Waals surface area (Å²) in [6, 6.07) is 22.7. The number of benzene rings is 3. The number of hydrogen-bond acceptors (Lipinski definition) is 10. The number of urea groups is 1. The van der Waals surface area contributed by atoms with Crippen molar-refractivity contribution >= 4 is 56.3 Å². The molecule has 0 aliphatic carbocycles. The highest BCUT2D eigenvalue weighted by molar-refractivity contribution is 7.22. The zero-order valence-electron chi connectivity index (χ0n) is 28.2. The van der Waals surface area contributed by atoms with Crippen LogP contribution < -0.4 is 16.4 Å². The quantitative estimate of drug-likeness (QED) is 0.143. The molecule has 0 bridgehead atoms. The number of ether oxygens (including phenoxy) is 1. The lowest BCUT2D eigenvalue weighted by Gasteiger charge is -2.46. The van der Waals surface area contributed by atoms with Gasteiger partial charge in [-0.3, -0.25) is 14.9 Å². The van der Waals surface area contributed by atoms with Crippen LogP contribution in [0.4, 0.5) is 20.4 Å². The van der Waals surface area contributed by atoms with E-state index in [1.54, 1.807) is 34.2 Å². The van der Waals surface area contributed by atoms with Crippen molar-refractivity contribution in [3.63, 3.8) is 0 Å². The third-order valence-corrected chi connectivity index (χ3v) is 9.71. The Balaban J connectivity index is 1.24. The molecule has 2 fully saturated rings. The predicted molar refractivity (Wildman–Crippen MR) is 192 cm³/mol. The molecule has 3 heterocycles. The number of nitrogen functional groups attached to an aromatic ring is 1. The molecule has 0 saturated carbocycles. The molecular weight excluding hydrogens is 671 g/mol. The lowest BCUT2D eigenvalue weighted by Crippen LogP contribution is -2.66. The van der Waals surface area contributed by atoms with E-state index in [0.717, 1.165) is 34.2 Å². The van der Waals surface area contributed by atoms with Gasteiger partial charge in [-0.05, 0) is 41.3 Å². The number of para-hydroxylation sites is 1. The SMILES string of the molecule is CCCCNC(=O)N(CC#N)N1CC(=O)N2[C@@H](Cc3ccc(NC(=O)OCc4ccccc4)cc3)C(=O)N(Cc3cccc4sc(N)nc34)C[C@@H]21. The maximum atomic E-state index is 14.3. The van der Waals surface area contributed by atoms with Crippen molar-refractivity contribution in [3.8, 4) is 6.07 Å². The van der Waals surface area contributed by atoms with Crippen LogP contribution in [0.2, 0.25) is 0 Å². The summed E-state index contributed by atoms with van der Waals surface area (Å²) >= 11 is 1.36. The molecule has 4 N–H and O–H groups in total. The molecule has 6 rings (SSSR count). The summed E-state index contributed by atoms with van der Waals surface area (Å²) in [5.41, 5.74) is 9.65. The molecule has 0 radical (unpaired) electrons. The van der Waals surface area contributed by atoms with Crippen LogP contribution in [-0.4, -0.2) is 87.1 Å². The van der Waals surface area contributed by atoms with Gasteiger partial charge in [-0.1, -0.05) is 79.3 Å². The monoisotopic (exact) mass is 709 g/mol. The molecule has 1 aromatic heterocycles. The molecule has 3 aromatic carbocycles. The molecule has 264 valence electrons. The molecule has 0 spiro atoms. The first-order valence-electron chi connectivity index (χ1n) is 16.7. The van der Waals surface area contributed by atoms with E-state index in [1.807, 2.05) is 61.5 Å². The van der Waals surface area contributed by atoms with Gasteiger partial charge >= 0.3 is 12.1 Å². The minimum Gasteiger partial charge on any atom is -0.444 e. The van der Waals surface area contributed by atoms with Gasteiger partial charge in [0.2, 0.25) is 11.8 Å². The third kappa shape index (κ3) is 8.03. The van der Waals surface area contributed by atoms with Gasteiger partial charge in [0.15, 0.2) is 5.13 Å². The first-order valence-corrected chi connectivity index (χ1v) is 17.6. The number of rotatable bonds is 12. The number of thiazole rings is 1. The van der Waals surface area contributed by atoms with Crippen molar-refractivity contribution in [1.82, 2.24) is 30.1 Å². The van der Waals surface area contributed by atoms with Crippen LogP contribution >= 0.6 is 11.3 Å². The van der Waals surface area contributed by atoms with Crippen LogP contribution in [0.15, 0.2) is 72.8 Å². The fourth-order valence-electron chi connectivity index (χ4n) is 6.38. The van der Waals surface area contributed by atoms with E-state index < -0.39 is 24.3 Å². The first-order chi connectivity index (χ1) is 24.7. The van der Waals surface area contributed by atoms with Crippen molar-refractivity contribution < 1.29 is 23.9 Å². The van der Waals surface area contributed by atoms with Crippen molar-refractivity contribution in [1.29, 1.82) is 5.26 Å². The van der Waals surface area contributed by atoms with Crippen LogP contribution in [0.25, 0.3) is 10.2 Å². The molecule has 2 aliphatic rings. The maximum Gasteiger partial charge on any atom is 0.411 e. The van der Waals surface area contributed by atoms with Crippen LogP contribution in [0.1, 0.15) is 36.5 Å². The Labute approximate surface area is 299 Å². The molecule has 2 aliphatic heterocycles. The Bertz CT molecular complexity index is 1930. The molecule has 5 amide bonds. The van der Waals surface area contributed by atoms with Gasteiger partial charge in [0, 0.05) is 25.2 Å². The number of aromatic nitrogens is 1. The largest absolute Gasteiger partial charge is 0.444 e. The number of anilines is 2. The number of carbonyl (C=O) groups is 4. The lowest BCUT2D eigenvalue weighted by molar-refractivity contribution is -0.157. The summed E-state index contributed by atoms with van der Waals surface area (Å²) in [6.45, 7) is 2.44. The second-order valence-corrected chi connectivity index (χ2v) is 13.4. The van der Waals surface area contributed by atoms with Crippen molar-refractivity contribution in [2.45, 2.75) is 51.5 Å². The van der Waals surface area contributed by atoms with E-state index in [-0.39, 0.29) is 51.0 Å². The molecule has 0 unspecified atom stereocenters. The molecule has 14 nitrogen and oxygen atoms in total. The van der Waals surface area contributed by atoms with Crippen LogP contribution in [0.5, 0.6) is 0 Å². The fraction of sp³-hybridized carbons (Fsp3) is 0.333.